The summed E-state index contributed by atoms with van der Waals surface area (Å²) in [6, 6.07) is 0. The number of nitrogens with one attached hydrogen (secondary N) is 1. The fraction of sp³-hybridized carbons (Fsp3) is 0.727. The van der Waals surface area contributed by atoms with Crippen LogP contribution in [0.3, 0.4) is 0 Å². The first-order valence-electron chi connectivity index (χ1n) is 6.05. The van der Waals surface area contributed by atoms with Crippen molar-refractivity contribution in [2.45, 2.75) is 32.4 Å². The van der Waals surface area contributed by atoms with Gasteiger partial charge in [0.25, 0.3) is 6.47 Å². The maximum atomic E-state index is 11.7. The lowest BCUT2D eigenvalue weighted by Gasteiger charge is -2.29. The van der Waals surface area contributed by atoms with Gasteiger partial charge < -0.3 is 15.3 Å². The fourth-order valence-electron chi connectivity index (χ4n) is 1.77. The number of aromatic nitrogens is 4. The van der Waals surface area contributed by atoms with Crippen molar-refractivity contribution in [2.24, 2.45) is 0 Å². The molecule has 1 rings (SSSR count). The Morgan fingerprint density at radius 1 is 1.50 bits per heavy atom. The van der Waals surface area contributed by atoms with Crippen molar-refractivity contribution in [1.29, 1.82) is 0 Å². The van der Waals surface area contributed by atoms with E-state index in [-0.39, 0.29) is 17.9 Å². The maximum absolute atomic E-state index is 11.7. The first kappa shape index (κ1) is 18.0. The lowest BCUT2D eigenvalue weighted by atomic mass is 10.1. The fourth-order valence-corrected chi connectivity index (χ4v) is 1.77. The van der Waals surface area contributed by atoms with Gasteiger partial charge in [-0.05, 0) is 38.4 Å². The Balaban J connectivity index is 0.00000110. The molecule has 1 aromatic heterocycles. The van der Waals surface area contributed by atoms with Crippen LogP contribution in [0.4, 0.5) is 0 Å². The molecule has 1 heterocycles. The highest BCUT2D eigenvalue weighted by atomic mass is 16.3. The van der Waals surface area contributed by atoms with Gasteiger partial charge in [0.2, 0.25) is 5.91 Å². The molecular weight excluding hydrogens is 264 g/mol. The van der Waals surface area contributed by atoms with Crippen molar-refractivity contribution in [3.05, 3.63) is 6.33 Å². The Kier molecular flexibility index (Phi) is 8.06. The standard InChI is InChI=1S/C10H20N6O.CH2O2/c1-10(2,7-15(3)4)12-9(17)5-6-16-8-11-13-14-16;2-1-3/h8H,5-7H2,1-4H3,(H,12,17);1H,(H,2,3). The molecule has 0 bridgehead atoms. The molecule has 20 heavy (non-hydrogen) atoms. The van der Waals surface area contributed by atoms with Crippen molar-refractivity contribution in [2.75, 3.05) is 20.6 Å². The molecule has 114 valence electrons. The molecule has 1 amide bonds. The molecule has 0 fully saturated rings. The van der Waals surface area contributed by atoms with E-state index in [1.165, 1.54) is 6.33 Å². The van der Waals surface area contributed by atoms with Crippen molar-refractivity contribution in [3.63, 3.8) is 0 Å². The number of amides is 1. The highest BCUT2D eigenvalue weighted by Gasteiger charge is 2.20. The minimum absolute atomic E-state index is 0.00681. The third kappa shape index (κ3) is 8.97. The molecule has 0 saturated carbocycles. The number of likely N-dealkylation sites (N-methyl/N-ethyl adjacent to an activating group) is 1. The molecule has 0 aliphatic rings. The minimum atomic E-state index is -0.250. The van der Waals surface area contributed by atoms with E-state index in [9.17, 15) is 4.79 Å². The highest BCUT2D eigenvalue weighted by Crippen LogP contribution is 2.03. The molecule has 0 aliphatic carbocycles. The van der Waals surface area contributed by atoms with Crippen LogP contribution in [-0.4, -0.2) is 68.8 Å². The molecule has 0 unspecified atom stereocenters. The molecule has 0 radical (unpaired) electrons. The van der Waals surface area contributed by atoms with Crippen molar-refractivity contribution < 1.29 is 14.7 Å². The summed E-state index contributed by atoms with van der Waals surface area (Å²) in [5.41, 5.74) is -0.235. The zero-order valence-electron chi connectivity index (χ0n) is 12.3. The van der Waals surface area contributed by atoms with Crippen LogP contribution in [0.2, 0.25) is 0 Å². The van der Waals surface area contributed by atoms with Gasteiger partial charge in [-0.2, -0.15) is 0 Å². The van der Waals surface area contributed by atoms with E-state index in [0.717, 1.165) is 6.54 Å². The predicted molar refractivity (Wildman–Crippen MR) is 71.9 cm³/mol. The van der Waals surface area contributed by atoms with Gasteiger partial charge in [0.1, 0.15) is 6.33 Å². The van der Waals surface area contributed by atoms with E-state index < -0.39 is 0 Å². The van der Waals surface area contributed by atoms with E-state index in [1.807, 2.05) is 32.8 Å². The van der Waals surface area contributed by atoms with E-state index >= 15 is 0 Å². The van der Waals surface area contributed by atoms with Crippen LogP contribution >= 0.6 is 0 Å². The molecule has 1 aromatic rings. The summed E-state index contributed by atoms with van der Waals surface area (Å²) in [5, 5.41) is 20.6. The van der Waals surface area contributed by atoms with E-state index in [4.69, 9.17) is 9.90 Å². The van der Waals surface area contributed by atoms with Crippen LogP contribution in [0.5, 0.6) is 0 Å². The molecule has 2 N–H and O–H groups in total. The Labute approximate surface area is 117 Å². The Morgan fingerprint density at radius 2 is 2.10 bits per heavy atom. The second-order valence-electron chi connectivity index (χ2n) is 5.10. The Hall–Kier alpha value is -2.03. The van der Waals surface area contributed by atoms with Gasteiger partial charge in [0.05, 0.1) is 6.54 Å². The molecule has 0 aliphatic heterocycles. The van der Waals surface area contributed by atoms with Gasteiger partial charge in [-0.1, -0.05) is 0 Å². The summed E-state index contributed by atoms with van der Waals surface area (Å²) in [6.45, 7) is 5.05. The number of hydrogen-bond acceptors (Lipinski definition) is 6. The second-order valence-corrected chi connectivity index (χ2v) is 5.10. The second kappa shape index (κ2) is 8.97. The number of carbonyl (C=O) groups is 2. The maximum Gasteiger partial charge on any atom is 0.290 e. The van der Waals surface area contributed by atoms with Crippen LogP contribution in [-0.2, 0) is 16.1 Å². The van der Waals surface area contributed by atoms with E-state index in [0.29, 0.717) is 13.0 Å². The number of carbonyl (C=O) groups excluding carboxylic acids is 1. The van der Waals surface area contributed by atoms with Crippen LogP contribution in [0, 0.1) is 0 Å². The molecule has 0 saturated heterocycles. The first-order valence-corrected chi connectivity index (χ1v) is 6.05. The number of tetrazole rings is 1. The highest BCUT2D eigenvalue weighted by molar-refractivity contribution is 5.76. The van der Waals surface area contributed by atoms with Crippen LogP contribution < -0.4 is 5.32 Å². The third-order valence-electron chi connectivity index (χ3n) is 2.15. The van der Waals surface area contributed by atoms with Gasteiger partial charge in [-0.25, -0.2) is 4.68 Å². The zero-order chi connectivity index (χ0) is 15.6. The molecule has 0 aromatic carbocycles. The zero-order valence-corrected chi connectivity index (χ0v) is 12.3. The van der Waals surface area contributed by atoms with E-state index in [1.54, 1.807) is 4.68 Å². The average Bonchev–Trinajstić information content (AvgIpc) is 2.77. The van der Waals surface area contributed by atoms with Crippen molar-refractivity contribution in [3.8, 4) is 0 Å². The van der Waals surface area contributed by atoms with Crippen LogP contribution in [0.25, 0.3) is 0 Å². The summed E-state index contributed by atoms with van der Waals surface area (Å²) in [7, 11) is 3.96. The summed E-state index contributed by atoms with van der Waals surface area (Å²) >= 11 is 0. The van der Waals surface area contributed by atoms with Gasteiger partial charge in [0, 0.05) is 18.5 Å². The number of hydrogen-bond donors (Lipinski definition) is 2. The van der Waals surface area contributed by atoms with Gasteiger partial charge in [-0.15, -0.1) is 5.10 Å². The molecular formula is C11H22N6O3. The SMILES string of the molecule is CN(C)CC(C)(C)NC(=O)CCn1cnnn1.O=CO. The third-order valence-corrected chi connectivity index (χ3v) is 2.15. The van der Waals surface area contributed by atoms with Gasteiger partial charge >= 0.3 is 0 Å². The summed E-state index contributed by atoms with van der Waals surface area (Å²) in [6.07, 6.45) is 1.88. The van der Waals surface area contributed by atoms with Crippen molar-refractivity contribution >= 4 is 12.4 Å². The van der Waals surface area contributed by atoms with Crippen LogP contribution in [0.15, 0.2) is 6.33 Å². The van der Waals surface area contributed by atoms with Gasteiger partial charge in [0.15, 0.2) is 0 Å². The lowest BCUT2D eigenvalue weighted by Crippen LogP contribution is -2.50. The Bertz CT molecular complexity index is 391. The average molecular weight is 286 g/mol. The minimum Gasteiger partial charge on any atom is -0.483 e. The molecule has 0 atom stereocenters. The number of nitrogens with zero attached hydrogens (tertiary/aromatic N) is 5. The molecule has 0 spiro atoms. The number of carboxylic acid groups (broad SMARTS) is 1. The quantitative estimate of drug-likeness (QED) is 0.659. The number of aryl methyl sites for hydroxylation is 1. The smallest absolute Gasteiger partial charge is 0.290 e. The summed E-state index contributed by atoms with van der Waals surface area (Å²) in [5.74, 6) is 0.00681. The summed E-state index contributed by atoms with van der Waals surface area (Å²) in [4.78, 5) is 22.1. The van der Waals surface area contributed by atoms with Crippen LogP contribution in [0.1, 0.15) is 20.3 Å². The molecule has 9 heteroatoms. The monoisotopic (exact) mass is 286 g/mol. The Morgan fingerprint density at radius 3 is 2.55 bits per heavy atom. The lowest BCUT2D eigenvalue weighted by molar-refractivity contribution is -0.123. The van der Waals surface area contributed by atoms with Crippen molar-refractivity contribution in [1.82, 2.24) is 30.4 Å². The first-order chi connectivity index (χ1) is 9.30. The van der Waals surface area contributed by atoms with E-state index in [2.05, 4.69) is 20.8 Å². The number of rotatable bonds is 6. The largest absolute Gasteiger partial charge is 0.483 e. The molecule has 9 nitrogen and oxygen atoms in total. The predicted octanol–water partition coefficient (Wildman–Crippen LogP) is -0.780. The summed E-state index contributed by atoms with van der Waals surface area (Å²) < 4.78 is 1.54. The van der Waals surface area contributed by atoms with Gasteiger partial charge in [-0.3, -0.25) is 9.59 Å². The normalized spacial score (nSPS) is 10.7. The topological polar surface area (TPSA) is 113 Å².